The maximum atomic E-state index is 12.5. The highest BCUT2D eigenvalue weighted by Crippen LogP contribution is 2.20. The molecule has 26 heavy (non-hydrogen) atoms. The van der Waals surface area contributed by atoms with Crippen LogP contribution in [0, 0.1) is 0 Å². The summed E-state index contributed by atoms with van der Waals surface area (Å²) in [5, 5.41) is 3.05. The quantitative estimate of drug-likeness (QED) is 0.864. The van der Waals surface area contributed by atoms with E-state index >= 15 is 0 Å². The van der Waals surface area contributed by atoms with Gasteiger partial charge in [0, 0.05) is 24.3 Å². The van der Waals surface area contributed by atoms with Crippen LogP contribution in [0.3, 0.4) is 0 Å². The Kier molecular flexibility index (Phi) is 6.12. The van der Waals surface area contributed by atoms with Crippen molar-refractivity contribution in [3.05, 3.63) is 59.7 Å². The molecule has 1 aliphatic rings. The first-order chi connectivity index (χ1) is 12.7. The van der Waals surface area contributed by atoms with Gasteiger partial charge in [-0.05, 0) is 55.8 Å². The van der Waals surface area contributed by atoms with Gasteiger partial charge in [-0.15, -0.1) is 0 Å². The molecule has 0 aliphatic carbocycles. The first-order valence-corrected chi connectivity index (χ1v) is 9.13. The fraction of sp³-hybridized carbons (Fsp3) is 0.381. The lowest BCUT2D eigenvalue weighted by Crippen LogP contribution is -2.36. The summed E-state index contributed by atoms with van der Waals surface area (Å²) in [6, 6.07) is 15.5. The predicted molar refractivity (Wildman–Crippen MR) is 103 cm³/mol. The Labute approximate surface area is 154 Å². The number of nitrogens with one attached hydrogen (secondary N) is 1. The van der Waals surface area contributed by atoms with Gasteiger partial charge in [-0.3, -0.25) is 4.79 Å². The maximum Gasteiger partial charge on any atom is 0.251 e. The van der Waals surface area contributed by atoms with Crippen molar-refractivity contribution in [2.75, 3.05) is 37.8 Å². The molecule has 1 atom stereocenters. The Balaban J connectivity index is 1.59. The zero-order chi connectivity index (χ0) is 18.4. The van der Waals surface area contributed by atoms with Crippen LogP contribution in [0.15, 0.2) is 48.5 Å². The summed E-state index contributed by atoms with van der Waals surface area (Å²) in [5.41, 5.74) is 2.84. The summed E-state index contributed by atoms with van der Waals surface area (Å²) < 4.78 is 10.8. The minimum absolute atomic E-state index is 0.0695. The largest absolute Gasteiger partial charge is 0.494 e. The van der Waals surface area contributed by atoms with Crippen molar-refractivity contribution < 1.29 is 14.3 Å². The third-order valence-corrected chi connectivity index (χ3v) is 4.54. The first-order valence-electron chi connectivity index (χ1n) is 9.13. The van der Waals surface area contributed by atoms with Crippen LogP contribution in [0.25, 0.3) is 0 Å². The number of rotatable bonds is 6. The number of hydrogen-bond donors (Lipinski definition) is 1. The summed E-state index contributed by atoms with van der Waals surface area (Å²) in [4.78, 5) is 14.8. The number of morpholine rings is 1. The number of amides is 1. The third-order valence-electron chi connectivity index (χ3n) is 4.54. The second-order valence-corrected chi connectivity index (χ2v) is 6.34. The predicted octanol–water partition coefficient (Wildman–Crippen LogP) is 3.41. The Morgan fingerprint density at radius 3 is 2.38 bits per heavy atom. The van der Waals surface area contributed by atoms with E-state index in [1.54, 1.807) is 0 Å². The molecule has 1 aliphatic heterocycles. The van der Waals surface area contributed by atoms with Gasteiger partial charge in [0.2, 0.25) is 0 Å². The second kappa shape index (κ2) is 8.72. The summed E-state index contributed by atoms with van der Waals surface area (Å²) in [5.74, 6) is 0.772. The highest BCUT2D eigenvalue weighted by molar-refractivity contribution is 5.94. The van der Waals surface area contributed by atoms with Gasteiger partial charge in [0.15, 0.2) is 0 Å². The monoisotopic (exact) mass is 354 g/mol. The highest BCUT2D eigenvalue weighted by Gasteiger charge is 2.14. The number of benzene rings is 2. The SMILES string of the molecule is CCOc1ccc([C@@H](C)NC(=O)c2ccc(N3CCOCC3)cc2)cc1. The minimum atomic E-state index is -0.0721. The highest BCUT2D eigenvalue weighted by atomic mass is 16.5. The molecule has 2 aromatic carbocycles. The van der Waals surface area contributed by atoms with Crippen molar-refractivity contribution in [1.29, 1.82) is 0 Å². The topological polar surface area (TPSA) is 50.8 Å². The maximum absolute atomic E-state index is 12.5. The zero-order valence-electron chi connectivity index (χ0n) is 15.4. The molecule has 5 heteroatoms. The van der Waals surface area contributed by atoms with Crippen LogP contribution in [-0.4, -0.2) is 38.8 Å². The van der Waals surface area contributed by atoms with Crippen LogP contribution in [-0.2, 0) is 4.74 Å². The average molecular weight is 354 g/mol. The van der Waals surface area contributed by atoms with Crippen LogP contribution in [0.4, 0.5) is 5.69 Å². The molecule has 0 aromatic heterocycles. The molecular weight excluding hydrogens is 328 g/mol. The molecular formula is C21H26N2O3. The molecule has 1 saturated heterocycles. The molecule has 1 amide bonds. The van der Waals surface area contributed by atoms with E-state index in [0.717, 1.165) is 43.3 Å². The Morgan fingerprint density at radius 1 is 1.12 bits per heavy atom. The smallest absolute Gasteiger partial charge is 0.251 e. The van der Waals surface area contributed by atoms with Crippen molar-refractivity contribution in [3.63, 3.8) is 0 Å². The van der Waals surface area contributed by atoms with Crippen LogP contribution < -0.4 is 15.0 Å². The van der Waals surface area contributed by atoms with Crippen molar-refractivity contribution in [2.24, 2.45) is 0 Å². The number of hydrogen-bond acceptors (Lipinski definition) is 4. The first kappa shape index (κ1) is 18.3. The molecule has 2 aromatic rings. The average Bonchev–Trinajstić information content (AvgIpc) is 2.69. The molecule has 1 N–H and O–H groups in total. The molecule has 0 unspecified atom stereocenters. The van der Waals surface area contributed by atoms with E-state index < -0.39 is 0 Å². The van der Waals surface area contributed by atoms with Gasteiger partial charge in [0.05, 0.1) is 25.9 Å². The number of carbonyl (C=O) groups is 1. The summed E-state index contributed by atoms with van der Waals surface area (Å²) in [7, 11) is 0. The van der Waals surface area contributed by atoms with E-state index in [-0.39, 0.29) is 11.9 Å². The molecule has 3 rings (SSSR count). The van der Waals surface area contributed by atoms with Gasteiger partial charge in [-0.1, -0.05) is 12.1 Å². The second-order valence-electron chi connectivity index (χ2n) is 6.34. The van der Waals surface area contributed by atoms with Crippen LogP contribution in [0.1, 0.15) is 35.8 Å². The van der Waals surface area contributed by atoms with Crippen LogP contribution >= 0.6 is 0 Å². The Morgan fingerprint density at radius 2 is 1.77 bits per heavy atom. The minimum Gasteiger partial charge on any atom is -0.494 e. The van der Waals surface area contributed by atoms with E-state index in [1.165, 1.54) is 0 Å². The van der Waals surface area contributed by atoms with Crippen LogP contribution in [0.5, 0.6) is 5.75 Å². The van der Waals surface area contributed by atoms with Crippen molar-refractivity contribution in [2.45, 2.75) is 19.9 Å². The fourth-order valence-electron chi connectivity index (χ4n) is 3.03. The molecule has 1 heterocycles. The fourth-order valence-corrected chi connectivity index (χ4v) is 3.03. The lowest BCUT2D eigenvalue weighted by atomic mass is 10.1. The molecule has 0 saturated carbocycles. The molecule has 0 radical (unpaired) electrons. The molecule has 0 bridgehead atoms. The van der Waals surface area contributed by atoms with Gasteiger partial charge in [-0.2, -0.15) is 0 Å². The van der Waals surface area contributed by atoms with E-state index in [1.807, 2.05) is 62.4 Å². The van der Waals surface area contributed by atoms with E-state index in [9.17, 15) is 4.79 Å². The normalized spacial score (nSPS) is 15.4. The molecule has 5 nitrogen and oxygen atoms in total. The standard InChI is InChI=1S/C21H26N2O3/c1-3-26-20-10-6-17(7-11-20)16(2)22-21(24)18-4-8-19(9-5-18)23-12-14-25-15-13-23/h4-11,16H,3,12-15H2,1-2H3,(H,22,24)/t16-/m1/s1. The number of ether oxygens (including phenoxy) is 2. The van der Waals surface area contributed by atoms with Gasteiger partial charge >= 0.3 is 0 Å². The summed E-state index contributed by atoms with van der Waals surface area (Å²) >= 11 is 0. The Hall–Kier alpha value is -2.53. The summed E-state index contributed by atoms with van der Waals surface area (Å²) in [6.07, 6.45) is 0. The van der Waals surface area contributed by atoms with Crippen molar-refractivity contribution in [1.82, 2.24) is 5.32 Å². The Bertz CT molecular complexity index is 707. The van der Waals surface area contributed by atoms with Crippen molar-refractivity contribution >= 4 is 11.6 Å². The molecule has 0 spiro atoms. The lowest BCUT2D eigenvalue weighted by Gasteiger charge is -2.28. The van der Waals surface area contributed by atoms with Crippen LogP contribution in [0.2, 0.25) is 0 Å². The lowest BCUT2D eigenvalue weighted by molar-refractivity contribution is 0.0940. The molecule has 138 valence electrons. The van der Waals surface area contributed by atoms with Gasteiger partial charge < -0.3 is 19.7 Å². The van der Waals surface area contributed by atoms with Gasteiger partial charge in [0.1, 0.15) is 5.75 Å². The van der Waals surface area contributed by atoms with Crippen molar-refractivity contribution in [3.8, 4) is 5.75 Å². The van der Waals surface area contributed by atoms with E-state index in [4.69, 9.17) is 9.47 Å². The number of anilines is 1. The van der Waals surface area contributed by atoms with E-state index in [0.29, 0.717) is 12.2 Å². The zero-order valence-corrected chi connectivity index (χ0v) is 15.4. The number of carbonyl (C=O) groups excluding carboxylic acids is 1. The van der Waals surface area contributed by atoms with Gasteiger partial charge in [-0.25, -0.2) is 0 Å². The molecule has 1 fully saturated rings. The third kappa shape index (κ3) is 4.55. The van der Waals surface area contributed by atoms with E-state index in [2.05, 4.69) is 10.2 Å². The summed E-state index contributed by atoms with van der Waals surface area (Å²) in [6.45, 7) is 7.87. The van der Waals surface area contributed by atoms with Gasteiger partial charge in [0.25, 0.3) is 5.91 Å². The number of nitrogens with zero attached hydrogens (tertiary/aromatic N) is 1.